The smallest absolute Gasteiger partial charge is 0.269 e. The maximum atomic E-state index is 10.6. The average molecular weight is 274 g/mol. The summed E-state index contributed by atoms with van der Waals surface area (Å²) in [6.07, 6.45) is 0. The highest BCUT2D eigenvalue weighted by atomic mass is 32.2. The number of rotatable bonds is 2. The Morgan fingerprint density at radius 3 is 2.63 bits per heavy atom. The molecule has 2 aromatic rings. The van der Waals surface area contributed by atoms with E-state index in [4.69, 9.17) is 0 Å². The van der Waals surface area contributed by atoms with Crippen molar-refractivity contribution < 1.29 is 10.0 Å². The lowest BCUT2D eigenvalue weighted by Crippen LogP contribution is -2.01. The molecule has 1 unspecified atom stereocenters. The molecule has 0 aromatic heterocycles. The molecule has 5 nitrogen and oxygen atoms in total. The number of phenolic OH excluding ortho intramolecular Hbond substituents is 1. The summed E-state index contributed by atoms with van der Waals surface area (Å²) in [6.45, 7) is 0. The molecule has 1 aliphatic rings. The fourth-order valence-electron chi connectivity index (χ4n) is 1.95. The Labute approximate surface area is 113 Å². The topological polar surface area (TPSA) is 75.4 Å². The Balaban J connectivity index is 1.84. The van der Waals surface area contributed by atoms with Crippen molar-refractivity contribution in [3.8, 4) is 5.75 Å². The van der Waals surface area contributed by atoms with Gasteiger partial charge >= 0.3 is 0 Å². The van der Waals surface area contributed by atoms with Gasteiger partial charge in [0.15, 0.2) is 0 Å². The Kier molecular flexibility index (Phi) is 2.79. The molecule has 0 amide bonds. The quantitative estimate of drug-likeness (QED) is 0.498. The van der Waals surface area contributed by atoms with Crippen LogP contribution in [0.4, 0.5) is 11.4 Å². The first kappa shape index (κ1) is 11.9. The van der Waals surface area contributed by atoms with Crippen molar-refractivity contribution in [1.29, 1.82) is 0 Å². The van der Waals surface area contributed by atoms with Crippen LogP contribution in [0.1, 0.15) is 10.9 Å². The zero-order chi connectivity index (χ0) is 13.4. The summed E-state index contributed by atoms with van der Waals surface area (Å²) in [7, 11) is 0. The number of anilines is 1. The number of aromatic hydroxyl groups is 1. The van der Waals surface area contributed by atoms with Crippen LogP contribution in [0.5, 0.6) is 5.75 Å². The molecule has 1 atom stereocenters. The van der Waals surface area contributed by atoms with Crippen LogP contribution in [-0.2, 0) is 0 Å². The van der Waals surface area contributed by atoms with E-state index in [1.165, 1.54) is 12.1 Å². The van der Waals surface area contributed by atoms with Crippen molar-refractivity contribution in [2.45, 2.75) is 10.3 Å². The van der Waals surface area contributed by atoms with Crippen LogP contribution in [0.2, 0.25) is 0 Å². The van der Waals surface area contributed by atoms with Crippen molar-refractivity contribution in [2.24, 2.45) is 0 Å². The third-order valence-corrected chi connectivity index (χ3v) is 4.12. The molecule has 1 heterocycles. The summed E-state index contributed by atoms with van der Waals surface area (Å²) in [5.41, 5.74) is 2.01. The van der Waals surface area contributed by atoms with Crippen LogP contribution in [0.3, 0.4) is 0 Å². The van der Waals surface area contributed by atoms with Gasteiger partial charge in [-0.1, -0.05) is 11.8 Å². The van der Waals surface area contributed by atoms with Gasteiger partial charge in [-0.05, 0) is 35.9 Å². The number of benzene rings is 2. The summed E-state index contributed by atoms with van der Waals surface area (Å²) < 4.78 is 0. The van der Waals surface area contributed by atoms with Gasteiger partial charge in [0, 0.05) is 22.7 Å². The minimum atomic E-state index is -0.411. The lowest BCUT2D eigenvalue weighted by molar-refractivity contribution is -0.384. The standard InChI is InChI=1S/C13H10N2O3S/c16-10-5-6-11-12(7-10)19-13(14-11)8-1-3-9(4-2-8)15(17)18/h1-7,13-14,16H. The molecule has 2 aromatic carbocycles. The zero-order valence-electron chi connectivity index (χ0n) is 9.74. The SMILES string of the molecule is O=[N+]([O-])c1ccc(C2Nc3ccc(O)cc3S2)cc1. The molecule has 0 saturated heterocycles. The largest absolute Gasteiger partial charge is 0.508 e. The average Bonchev–Trinajstić information content (AvgIpc) is 2.81. The molecular formula is C13H10N2O3S. The van der Waals surface area contributed by atoms with Crippen LogP contribution in [0.25, 0.3) is 0 Å². The van der Waals surface area contributed by atoms with Gasteiger partial charge in [0.25, 0.3) is 5.69 Å². The van der Waals surface area contributed by atoms with Gasteiger partial charge in [0.1, 0.15) is 11.1 Å². The maximum Gasteiger partial charge on any atom is 0.269 e. The Bertz CT molecular complexity index is 643. The van der Waals surface area contributed by atoms with Crippen LogP contribution in [0, 0.1) is 10.1 Å². The normalized spacial score (nSPS) is 16.7. The molecule has 3 rings (SSSR count). The molecule has 1 aliphatic heterocycles. The highest BCUT2D eigenvalue weighted by Crippen LogP contribution is 2.47. The fourth-order valence-corrected chi connectivity index (χ4v) is 3.12. The Morgan fingerprint density at radius 1 is 1.21 bits per heavy atom. The van der Waals surface area contributed by atoms with Gasteiger partial charge in [-0.25, -0.2) is 0 Å². The Morgan fingerprint density at radius 2 is 1.95 bits per heavy atom. The number of thioether (sulfide) groups is 1. The van der Waals surface area contributed by atoms with Gasteiger partial charge in [-0.2, -0.15) is 0 Å². The first-order valence-electron chi connectivity index (χ1n) is 5.64. The summed E-state index contributed by atoms with van der Waals surface area (Å²) in [6, 6.07) is 11.6. The minimum Gasteiger partial charge on any atom is -0.508 e. The fraction of sp³-hybridized carbons (Fsp3) is 0.0769. The highest BCUT2D eigenvalue weighted by Gasteiger charge is 2.23. The van der Waals surface area contributed by atoms with Crippen LogP contribution in [-0.4, -0.2) is 10.0 Å². The van der Waals surface area contributed by atoms with E-state index in [1.807, 2.05) is 6.07 Å². The zero-order valence-corrected chi connectivity index (χ0v) is 10.6. The summed E-state index contributed by atoms with van der Waals surface area (Å²) in [5, 5.41) is 23.4. The van der Waals surface area contributed by atoms with Crippen LogP contribution >= 0.6 is 11.8 Å². The summed E-state index contributed by atoms with van der Waals surface area (Å²) >= 11 is 1.58. The van der Waals surface area contributed by atoms with E-state index in [-0.39, 0.29) is 16.8 Å². The molecule has 19 heavy (non-hydrogen) atoms. The van der Waals surface area contributed by atoms with E-state index in [0.29, 0.717) is 0 Å². The molecule has 96 valence electrons. The number of nitrogens with one attached hydrogen (secondary N) is 1. The van der Waals surface area contributed by atoms with Crippen molar-refractivity contribution in [2.75, 3.05) is 5.32 Å². The first-order chi connectivity index (χ1) is 9.13. The number of nitro groups is 1. The Hall–Kier alpha value is -2.21. The number of nitrogens with zero attached hydrogens (tertiary/aromatic N) is 1. The number of phenols is 1. The van der Waals surface area contributed by atoms with Crippen LogP contribution in [0.15, 0.2) is 47.4 Å². The molecule has 0 fully saturated rings. The van der Waals surface area contributed by atoms with Crippen molar-refractivity contribution in [1.82, 2.24) is 0 Å². The number of nitro benzene ring substituents is 1. The predicted octanol–water partition coefficient (Wildman–Crippen LogP) is 3.52. The van der Waals surface area contributed by atoms with Crippen LogP contribution < -0.4 is 5.32 Å². The third kappa shape index (κ3) is 2.22. The van der Waals surface area contributed by atoms with Gasteiger partial charge in [0.2, 0.25) is 0 Å². The van der Waals surface area contributed by atoms with E-state index in [9.17, 15) is 15.2 Å². The maximum absolute atomic E-state index is 10.6. The second-order valence-corrected chi connectivity index (χ2v) is 5.32. The third-order valence-electron chi connectivity index (χ3n) is 2.90. The van der Waals surface area contributed by atoms with Gasteiger partial charge < -0.3 is 10.4 Å². The number of hydrogen-bond donors (Lipinski definition) is 2. The van der Waals surface area contributed by atoms with E-state index < -0.39 is 4.92 Å². The molecule has 0 saturated carbocycles. The number of non-ortho nitro benzene ring substituents is 1. The molecule has 6 heteroatoms. The molecule has 0 spiro atoms. The lowest BCUT2D eigenvalue weighted by Gasteiger charge is -2.10. The van der Waals surface area contributed by atoms with E-state index in [1.54, 1.807) is 36.0 Å². The summed E-state index contributed by atoms with van der Waals surface area (Å²) in [4.78, 5) is 11.2. The van der Waals surface area contributed by atoms with Gasteiger partial charge in [-0.15, -0.1) is 0 Å². The van der Waals surface area contributed by atoms with Gasteiger partial charge in [0.05, 0.1) is 4.92 Å². The second-order valence-electron chi connectivity index (χ2n) is 4.17. The van der Waals surface area contributed by atoms with Crippen molar-refractivity contribution in [3.63, 3.8) is 0 Å². The molecule has 0 radical (unpaired) electrons. The second kappa shape index (κ2) is 4.47. The van der Waals surface area contributed by atoms with E-state index in [0.717, 1.165) is 16.1 Å². The van der Waals surface area contributed by atoms with Gasteiger partial charge in [-0.3, -0.25) is 10.1 Å². The minimum absolute atomic E-state index is 0.0117. The number of fused-ring (bicyclic) bond motifs is 1. The van der Waals surface area contributed by atoms with E-state index >= 15 is 0 Å². The highest BCUT2D eigenvalue weighted by molar-refractivity contribution is 8.00. The van der Waals surface area contributed by atoms with E-state index in [2.05, 4.69) is 5.32 Å². The first-order valence-corrected chi connectivity index (χ1v) is 6.52. The molecule has 0 bridgehead atoms. The molecular weight excluding hydrogens is 264 g/mol. The molecule has 2 N–H and O–H groups in total. The van der Waals surface area contributed by atoms with Crippen molar-refractivity contribution >= 4 is 23.1 Å². The van der Waals surface area contributed by atoms with Crippen molar-refractivity contribution in [3.05, 3.63) is 58.1 Å². The monoisotopic (exact) mass is 274 g/mol. The predicted molar refractivity (Wildman–Crippen MR) is 73.4 cm³/mol. The number of hydrogen-bond acceptors (Lipinski definition) is 5. The summed E-state index contributed by atoms with van der Waals surface area (Å²) in [5.74, 6) is 0.234. The molecule has 0 aliphatic carbocycles. The lowest BCUT2D eigenvalue weighted by atomic mass is 10.2.